The Morgan fingerprint density at radius 1 is 1.07 bits per heavy atom. The molecule has 0 unspecified atom stereocenters. The summed E-state index contributed by atoms with van der Waals surface area (Å²) >= 11 is 0. The average molecular weight is 204 g/mol. The van der Waals surface area contributed by atoms with Gasteiger partial charge in [0.1, 0.15) is 0 Å². The smallest absolute Gasteiger partial charge is 0.302 e. The first-order valence-corrected chi connectivity index (χ1v) is 5.15. The van der Waals surface area contributed by atoms with E-state index in [0.717, 1.165) is 26.2 Å². The van der Waals surface area contributed by atoms with Gasteiger partial charge in [0, 0.05) is 38.2 Å². The van der Waals surface area contributed by atoms with Gasteiger partial charge in [0.2, 0.25) is 0 Å². The van der Waals surface area contributed by atoms with Crippen LogP contribution in [0.25, 0.3) is 0 Å². The van der Waals surface area contributed by atoms with E-state index in [1.807, 2.05) is 4.90 Å². The van der Waals surface area contributed by atoms with Crippen molar-refractivity contribution in [3.8, 4) is 0 Å². The van der Waals surface area contributed by atoms with Gasteiger partial charge < -0.3 is 4.90 Å². The molecule has 0 aliphatic carbocycles. The number of piperazine rings is 1. The molecule has 1 fully saturated rings. The summed E-state index contributed by atoms with van der Waals surface area (Å²) in [6, 6.07) is 0. The molecule has 0 bridgehead atoms. The molecule has 0 spiro atoms. The van der Waals surface area contributed by atoms with Crippen molar-refractivity contribution in [3.05, 3.63) is 0 Å². The second-order valence-corrected chi connectivity index (χ2v) is 4.85. The molecule has 82 valence electrons. The van der Waals surface area contributed by atoms with Gasteiger partial charge in [-0.15, -0.1) is 0 Å². The highest BCUT2D eigenvalue weighted by atomic mass is 19.2. The molecule has 2 nitrogen and oxygen atoms in total. The molecular weight excluding hydrogens is 185 g/mol. The number of halogens is 2. The minimum atomic E-state index is -2.20. The van der Waals surface area contributed by atoms with E-state index >= 15 is 0 Å². The lowest BCUT2D eigenvalue weighted by molar-refractivity contribution is 0.0684. The Hall–Kier alpha value is -0.155. The van der Waals surface area contributed by atoms with Crippen molar-refractivity contribution >= 4 is 7.27 Å². The Kier molecular flexibility index (Phi) is 3.90. The van der Waals surface area contributed by atoms with Crippen LogP contribution in [0.1, 0.15) is 20.8 Å². The van der Waals surface area contributed by atoms with Crippen molar-refractivity contribution in [3.63, 3.8) is 0 Å². The molecule has 1 rings (SSSR count). The molecule has 0 saturated carbocycles. The average Bonchev–Trinajstić information content (AvgIpc) is 2.02. The maximum absolute atomic E-state index is 12.1. The van der Waals surface area contributed by atoms with Gasteiger partial charge in [-0.1, -0.05) is 0 Å². The van der Waals surface area contributed by atoms with Crippen LogP contribution >= 0.6 is 0 Å². The summed E-state index contributed by atoms with van der Waals surface area (Å²) in [5, 5.41) is 0. The predicted molar refractivity (Wildman–Crippen MR) is 55.7 cm³/mol. The Bertz CT molecular complexity index is 174. The normalized spacial score (nSPS) is 21.2. The Balaban J connectivity index is 2.31. The van der Waals surface area contributed by atoms with Gasteiger partial charge in [0.15, 0.2) is 0 Å². The molecule has 14 heavy (non-hydrogen) atoms. The van der Waals surface area contributed by atoms with E-state index in [2.05, 4.69) is 25.7 Å². The van der Waals surface area contributed by atoms with Crippen LogP contribution in [0.4, 0.5) is 8.63 Å². The van der Waals surface area contributed by atoms with E-state index in [4.69, 9.17) is 0 Å². The zero-order chi connectivity index (χ0) is 10.8. The quantitative estimate of drug-likeness (QED) is 0.626. The summed E-state index contributed by atoms with van der Waals surface area (Å²) in [5.41, 5.74) is 0.164. The van der Waals surface area contributed by atoms with E-state index in [9.17, 15) is 8.63 Å². The van der Waals surface area contributed by atoms with Crippen molar-refractivity contribution in [1.29, 1.82) is 0 Å². The zero-order valence-corrected chi connectivity index (χ0v) is 9.26. The highest BCUT2D eigenvalue weighted by molar-refractivity contribution is 6.42. The highest BCUT2D eigenvalue weighted by Gasteiger charge is 2.27. The van der Waals surface area contributed by atoms with Crippen LogP contribution in [0.2, 0.25) is 0 Å². The third kappa shape index (κ3) is 3.54. The van der Waals surface area contributed by atoms with Gasteiger partial charge >= 0.3 is 7.27 Å². The lowest BCUT2D eigenvalue weighted by Crippen LogP contribution is -2.54. The van der Waals surface area contributed by atoms with Crippen LogP contribution in [0, 0.1) is 0 Å². The standard InChI is InChI=1S/C9H19BF2N2/c1-9(2,3)14-6-4-13(5-7-14)8-10(11)12/h4-8H2,1-3H3. The molecule has 1 aliphatic rings. The third-order valence-corrected chi connectivity index (χ3v) is 2.72. The fourth-order valence-electron chi connectivity index (χ4n) is 1.80. The van der Waals surface area contributed by atoms with Gasteiger partial charge in [-0.25, -0.2) is 0 Å². The maximum Gasteiger partial charge on any atom is 0.551 e. The second-order valence-electron chi connectivity index (χ2n) is 4.85. The Morgan fingerprint density at radius 2 is 1.57 bits per heavy atom. The topological polar surface area (TPSA) is 6.48 Å². The fourth-order valence-corrected chi connectivity index (χ4v) is 1.80. The number of hydrogen-bond donors (Lipinski definition) is 0. The minimum absolute atomic E-state index is 0.0714. The van der Waals surface area contributed by atoms with Gasteiger partial charge in [-0.2, -0.15) is 0 Å². The van der Waals surface area contributed by atoms with Crippen LogP contribution in [0.5, 0.6) is 0 Å². The van der Waals surface area contributed by atoms with Crippen molar-refractivity contribution < 1.29 is 8.63 Å². The molecule has 0 amide bonds. The van der Waals surface area contributed by atoms with Crippen molar-refractivity contribution in [2.45, 2.75) is 26.3 Å². The van der Waals surface area contributed by atoms with Crippen LogP contribution in [0.15, 0.2) is 0 Å². The van der Waals surface area contributed by atoms with Crippen LogP contribution < -0.4 is 0 Å². The molecule has 0 aromatic heterocycles. The van der Waals surface area contributed by atoms with Crippen molar-refractivity contribution in [1.82, 2.24) is 9.80 Å². The first-order valence-electron chi connectivity index (χ1n) is 5.15. The lowest BCUT2D eigenvalue weighted by Gasteiger charge is -2.42. The predicted octanol–water partition coefficient (Wildman–Crippen LogP) is 1.37. The van der Waals surface area contributed by atoms with Crippen LogP contribution in [0.3, 0.4) is 0 Å². The molecule has 0 radical (unpaired) electrons. The fraction of sp³-hybridized carbons (Fsp3) is 1.00. The van der Waals surface area contributed by atoms with E-state index < -0.39 is 7.27 Å². The number of nitrogens with zero attached hydrogens (tertiary/aromatic N) is 2. The van der Waals surface area contributed by atoms with Crippen molar-refractivity contribution in [2.24, 2.45) is 0 Å². The Labute approximate surface area is 85.4 Å². The minimum Gasteiger partial charge on any atom is -0.302 e. The summed E-state index contributed by atoms with van der Waals surface area (Å²) in [6.07, 6.45) is -0.0714. The molecule has 0 N–H and O–H groups in total. The molecular formula is C9H19BF2N2. The summed E-state index contributed by atoms with van der Waals surface area (Å²) in [6.45, 7) is 9.82. The van der Waals surface area contributed by atoms with E-state index in [1.165, 1.54) is 0 Å². The summed E-state index contributed by atoms with van der Waals surface area (Å²) in [5.74, 6) is 0. The molecule has 5 heteroatoms. The molecule has 0 atom stereocenters. The van der Waals surface area contributed by atoms with Crippen LogP contribution in [-0.2, 0) is 0 Å². The van der Waals surface area contributed by atoms with Gasteiger partial charge in [0.05, 0.1) is 0 Å². The second kappa shape index (κ2) is 4.58. The van der Waals surface area contributed by atoms with Crippen LogP contribution in [-0.4, -0.2) is 55.2 Å². The maximum atomic E-state index is 12.1. The Morgan fingerprint density at radius 3 is 1.93 bits per heavy atom. The van der Waals surface area contributed by atoms with Crippen molar-refractivity contribution in [2.75, 3.05) is 32.6 Å². The van der Waals surface area contributed by atoms with Gasteiger partial charge in [-0.05, 0) is 20.8 Å². The molecule has 0 aromatic rings. The van der Waals surface area contributed by atoms with E-state index in [-0.39, 0.29) is 12.0 Å². The number of rotatable bonds is 2. The lowest BCUT2D eigenvalue weighted by atomic mass is 9.97. The largest absolute Gasteiger partial charge is 0.551 e. The molecule has 1 saturated heterocycles. The molecule has 1 aliphatic heterocycles. The monoisotopic (exact) mass is 204 g/mol. The highest BCUT2D eigenvalue weighted by Crippen LogP contribution is 2.15. The summed E-state index contributed by atoms with van der Waals surface area (Å²) in [7, 11) is -2.20. The zero-order valence-electron chi connectivity index (χ0n) is 9.26. The summed E-state index contributed by atoms with van der Waals surface area (Å²) < 4.78 is 24.2. The third-order valence-electron chi connectivity index (χ3n) is 2.72. The SMILES string of the molecule is CC(C)(C)N1CCN(CB(F)F)CC1. The van der Waals surface area contributed by atoms with E-state index in [0.29, 0.717) is 0 Å². The van der Waals surface area contributed by atoms with Gasteiger partial charge in [-0.3, -0.25) is 13.5 Å². The first-order chi connectivity index (χ1) is 6.39. The first kappa shape index (κ1) is 11.9. The number of hydrogen-bond acceptors (Lipinski definition) is 2. The van der Waals surface area contributed by atoms with E-state index in [1.54, 1.807) is 0 Å². The summed E-state index contributed by atoms with van der Waals surface area (Å²) in [4.78, 5) is 4.18. The molecule has 1 heterocycles. The van der Waals surface area contributed by atoms with Gasteiger partial charge in [0.25, 0.3) is 0 Å². The molecule has 0 aromatic carbocycles.